The average Bonchev–Trinajstić information content (AvgIpc) is 3.11. The lowest BCUT2D eigenvalue weighted by Gasteiger charge is -2.42. The van der Waals surface area contributed by atoms with E-state index in [4.69, 9.17) is 4.84 Å². The number of nitrogens with zero attached hydrogens (tertiary/aromatic N) is 1. The Labute approximate surface area is 206 Å². The first-order valence-electron chi connectivity index (χ1n) is 12.9. The minimum Gasteiger partial charge on any atom is -0.399 e. The summed E-state index contributed by atoms with van der Waals surface area (Å²) < 4.78 is 14.2. The molecule has 0 saturated heterocycles. The lowest BCUT2D eigenvalue weighted by atomic mass is 9.62. The molecule has 2 saturated carbocycles. The van der Waals surface area contributed by atoms with Gasteiger partial charge >= 0.3 is 0 Å². The molecule has 0 aromatic heterocycles. The van der Waals surface area contributed by atoms with Crippen LogP contribution in [0.25, 0.3) is 0 Å². The van der Waals surface area contributed by atoms with Gasteiger partial charge in [0.2, 0.25) is 0 Å². The summed E-state index contributed by atoms with van der Waals surface area (Å²) in [5.41, 5.74) is 5.51. The molecule has 4 heteroatoms. The Kier molecular flexibility index (Phi) is 8.44. The van der Waals surface area contributed by atoms with E-state index in [2.05, 4.69) is 70.7 Å². The molecule has 0 aromatic carbocycles. The van der Waals surface area contributed by atoms with Gasteiger partial charge in [0.25, 0.3) is 0 Å². The molecule has 0 aliphatic heterocycles. The Bertz CT molecular complexity index is 917. The fourth-order valence-corrected chi connectivity index (χ4v) is 6.08. The summed E-state index contributed by atoms with van der Waals surface area (Å²) in [4.78, 5) is 5.05. The maximum Gasteiger partial charge on any atom is 0.127 e. The van der Waals surface area contributed by atoms with Gasteiger partial charge in [-0.05, 0) is 73.0 Å². The molecule has 188 valence electrons. The maximum absolute atomic E-state index is 14.2. The zero-order valence-corrected chi connectivity index (χ0v) is 22.0. The lowest BCUT2D eigenvalue weighted by molar-refractivity contribution is 0.124. The maximum atomic E-state index is 14.2. The monoisotopic (exact) mass is 469 g/mol. The number of hydrogen-bond acceptors (Lipinski definition) is 3. The number of halogens is 1. The Balaban J connectivity index is 1.73. The lowest BCUT2D eigenvalue weighted by Crippen LogP contribution is -2.32. The SMILES string of the molecule is C=C1/C(=C\C=C2/CCC[C@]3(C)C([C@@H](C)C/C=C/C(=N\OC)C(C)(C)C)=CC[C@@H]23)C[C@@H](O)C[C@@H]1F. The van der Waals surface area contributed by atoms with Gasteiger partial charge in [-0.1, -0.05) is 81.8 Å². The van der Waals surface area contributed by atoms with Crippen LogP contribution in [0.15, 0.2) is 64.4 Å². The van der Waals surface area contributed by atoms with E-state index >= 15 is 0 Å². The fourth-order valence-electron chi connectivity index (χ4n) is 6.08. The normalized spacial score (nSPS) is 34.0. The van der Waals surface area contributed by atoms with Crippen LogP contribution in [0.4, 0.5) is 4.39 Å². The van der Waals surface area contributed by atoms with Crippen molar-refractivity contribution < 1.29 is 14.3 Å². The van der Waals surface area contributed by atoms with Crippen molar-refractivity contribution in [1.82, 2.24) is 0 Å². The minimum atomic E-state index is -1.13. The van der Waals surface area contributed by atoms with Gasteiger partial charge in [0.1, 0.15) is 13.3 Å². The van der Waals surface area contributed by atoms with Gasteiger partial charge < -0.3 is 9.94 Å². The molecule has 0 amide bonds. The van der Waals surface area contributed by atoms with E-state index < -0.39 is 12.3 Å². The summed E-state index contributed by atoms with van der Waals surface area (Å²) in [5, 5.41) is 14.2. The number of allylic oxidation sites excluding steroid dienone is 8. The van der Waals surface area contributed by atoms with Gasteiger partial charge in [0.05, 0.1) is 11.8 Å². The number of rotatable bonds is 6. The molecule has 1 N–H and O–H groups in total. The van der Waals surface area contributed by atoms with Gasteiger partial charge in [0.15, 0.2) is 0 Å². The highest BCUT2D eigenvalue weighted by molar-refractivity contribution is 5.98. The van der Waals surface area contributed by atoms with E-state index in [-0.39, 0.29) is 17.3 Å². The molecule has 0 heterocycles. The van der Waals surface area contributed by atoms with Crippen molar-refractivity contribution in [1.29, 1.82) is 0 Å². The molecule has 34 heavy (non-hydrogen) atoms. The second kappa shape index (κ2) is 10.8. The minimum absolute atomic E-state index is 0.0567. The van der Waals surface area contributed by atoms with Gasteiger partial charge in [-0.25, -0.2) is 4.39 Å². The highest BCUT2D eigenvalue weighted by atomic mass is 19.1. The zero-order chi connectivity index (χ0) is 25.1. The summed E-state index contributed by atoms with van der Waals surface area (Å²) in [7, 11) is 1.60. The fraction of sp³-hybridized carbons (Fsp3) is 0.633. The second-order valence-electron chi connectivity index (χ2n) is 11.7. The third kappa shape index (κ3) is 5.82. The van der Waals surface area contributed by atoms with Crippen LogP contribution >= 0.6 is 0 Å². The zero-order valence-electron chi connectivity index (χ0n) is 22.0. The number of hydrogen-bond donors (Lipinski definition) is 1. The number of aliphatic hydroxyl groups is 1. The van der Waals surface area contributed by atoms with Crippen LogP contribution < -0.4 is 0 Å². The van der Waals surface area contributed by atoms with Gasteiger partial charge in [-0.3, -0.25) is 0 Å². The molecule has 3 aliphatic rings. The van der Waals surface area contributed by atoms with Crippen molar-refractivity contribution in [3.05, 3.63) is 59.3 Å². The predicted molar refractivity (Wildman–Crippen MR) is 140 cm³/mol. The Morgan fingerprint density at radius 1 is 1.38 bits per heavy atom. The summed E-state index contributed by atoms with van der Waals surface area (Å²) in [6.45, 7) is 15.1. The Morgan fingerprint density at radius 2 is 2.12 bits per heavy atom. The van der Waals surface area contributed by atoms with E-state index in [0.29, 0.717) is 23.8 Å². The van der Waals surface area contributed by atoms with E-state index in [1.807, 2.05) is 6.08 Å². The molecule has 0 aromatic rings. The Morgan fingerprint density at radius 3 is 2.79 bits per heavy atom. The number of fused-ring (bicyclic) bond motifs is 1. The average molecular weight is 470 g/mol. The van der Waals surface area contributed by atoms with Crippen LogP contribution in [0.2, 0.25) is 0 Å². The van der Waals surface area contributed by atoms with E-state index in [1.165, 1.54) is 18.4 Å². The molecule has 3 aliphatic carbocycles. The standard InChI is InChI=1S/C30H44FNO2/c1-20(10-8-12-28(32-34-7)29(3,4)5)25-15-16-26-22(11-9-17-30(25,26)6)13-14-23-18-24(33)19-27(31)21(23)2/h8,12-15,20,24,26-27,33H,2,9-11,16-19H2,1,3-7H3/b12-8+,22-13+,23-14-,32-28+/t20-,24+,26-,27-,30+/m0/s1. The smallest absolute Gasteiger partial charge is 0.127 e. The van der Waals surface area contributed by atoms with Crippen LogP contribution in [0, 0.1) is 22.7 Å². The summed E-state index contributed by atoms with van der Waals surface area (Å²) in [5.74, 6) is 0.968. The van der Waals surface area contributed by atoms with Crippen LogP contribution in [0.3, 0.4) is 0 Å². The summed E-state index contributed by atoms with van der Waals surface area (Å²) in [6.07, 6.45) is 15.5. The molecule has 0 radical (unpaired) electrons. The number of alkyl halides is 1. The van der Waals surface area contributed by atoms with Crippen molar-refractivity contribution in [2.45, 2.75) is 91.8 Å². The Hall–Kier alpha value is -1.94. The van der Waals surface area contributed by atoms with Gasteiger partial charge in [0, 0.05) is 11.8 Å². The van der Waals surface area contributed by atoms with E-state index in [9.17, 15) is 9.50 Å². The number of oxime groups is 1. The van der Waals surface area contributed by atoms with Crippen LogP contribution in [-0.2, 0) is 4.84 Å². The van der Waals surface area contributed by atoms with Crippen LogP contribution in [0.1, 0.15) is 79.6 Å². The van der Waals surface area contributed by atoms with Crippen molar-refractivity contribution >= 4 is 5.71 Å². The van der Waals surface area contributed by atoms with Crippen molar-refractivity contribution in [3.63, 3.8) is 0 Å². The molecule has 3 nitrogen and oxygen atoms in total. The first kappa shape index (κ1) is 26.7. The largest absolute Gasteiger partial charge is 0.399 e. The molecule has 5 atom stereocenters. The predicted octanol–water partition coefficient (Wildman–Crippen LogP) is 7.66. The van der Waals surface area contributed by atoms with Gasteiger partial charge in [-0.15, -0.1) is 0 Å². The molecule has 2 fully saturated rings. The molecular formula is C30H44FNO2. The highest BCUT2D eigenvalue weighted by Gasteiger charge is 2.45. The number of aliphatic hydroxyl groups excluding tert-OH is 1. The molecule has 0 bridgehead atoms. The molecule has 3 rings (SSSR count). The van der Waals surface area contributed by atoms with Crippen LogP contribution in [0.5, 0.6) is 0 Å². The quantitative estimate of drug-likeness (QED) is 0.246. The van der Waals surface area contributed by atoms with Crippen LogP contribution in [-0.4, -0.2) is 30.2 Å². The van der Waals surface area contributed by atoms with Crippen molar-refractivity contribution in [3.8, 4) is 0 Å². The third-order valence-corrected chi connectivity index (χ3v) is 8.09. The van der Waals surface area contributed by atoms with Crippen molar-refractivity contribution in [2.75, 3.05) is 7.11 Å². The van der Waals surface area contributed by atoms with Gasteiger partial charge in [-0.2, -0.15) is 0 Å². The van der Waals surface area contributed by atoms with Crippen molar-refractivity contribution in [2.24, 2.45) is 27.8 Å². The first-order chi connectivity index (χ1) is 16.0. The van der Waals surface area contributed by atoms with E-state index in [1.54, 1.807) is 12.7 Å². The molecule has 0 spiro atoms. The topological polar surface area (TPSA) is 41.8 Å². The first-order valence-corrected chi connectivity index (χ1v) is 12.9. The third-order valence-electron chi connectivity index (χ3n) is 8.09. The summed E-state index contributed by atoms with van der Waals surface area (Å²) in [6, 6.07) is 0. The van der Waals surface area contributed by atoms with E-state index in [0.717, 1.165) is 30.5 Å². The highest BCUT2D eigenvalue weighted by Crippen LogP contribution is 2.57. The molecular weight excluding hydrogens is 425 g/mol. The molecule has 0 unspecified atom stereocenters. The summed E-state index contributed by atoms with van der Waals surface area (Å²) >= 11 is 0. The second-order valence-corrected chi connectivity index (χ2v) is 11.7.